The maximum absolute atomic E-state index is 12.5. The molecule has 0 fully saturated rings. The molecule has 0 radical (unpaired) electrons. The molecule has 2 N–H and O–H groups in total. The Morgan fingerprint density at radius 1 is 1.00 bits per heavy atom. The summed E-state index contributed by atoms with van der Waals surface area (Å²) in [6, 6.07) is 19.7. The van der Waals surface area contributed by atoms with Crippen molar-refractivity contribution < 1.29 is 4.79 Å². The number of carbonyl (C=O) groups is 1. The van der Waals surface area contributed by atoms with E-state index >= 15 is 0 Å². The first kappa shape index (κ1) is 19.2. The van der Waals surface area contributed by atoms with Crippen molar-refractivity contribution in [2.75, 3.05) is 13.1 Å². The fourth-order valence-corrected chi connectivity index (χ4v) is 2.52. The molecule has 0 heterocycles. The van der Waals surface area contributed by atoms with Crippen LogP contribution in [0.5, 0.6) is 0 Å². The van der Waals surface area contributed by atoms with Crippen LogP contribution in [-0.4, -0.2) is 29.9 Å². The van der Waals surface area contributed by atoms with Gasteiger partial charge in [0, 0.05) is 13.1 Å². The minimum absolute atomic E-state index is 0. The van der Waals surface area contributed by atoms with Crippen LogP contribution in [-0.2, 0) is 17.6 Å². The first-order chi connectivity index (χ1) is 10.7. The lowest BCUT2D eigenvalue weighted by Gasteiger charge is -2.24. The Labute approximate surface area is 144 Å². The zero-order valence-electron chi connectivity index (χ0n) is 13.5. The summed E-state index contributed by atoms with van der Waals surface area (Å²) in [5.74, 6) is 0.0299. The molecule has 0 aromatic heterocycles. The lowest BCUT2D eigenvalue weighted by atomic mass is 10.1. The summed E-state index contributed by atoms with van der Waals surface area (Å²) in [6.07, 6.45) is 1.44. The van der Waals surface area contributed by atoms with Crippen molar-refractivity contribution in [3.8, 4) is 0 Å². The van der Waals surface area contributed by atoms with Crippen molar-refractivity contribution >= 4 is 18.3 Å². The van der Waals surface area contributed by atoms with Crippen LogP contribution in [0.15, 0.2) is 60.7 Å². The van der Waals surface area contributed by atoms with Gasteiger partial charge in [-0.15, -0.1) is 12.4 Å². The van der Waals surface area contributed by atoms with Crippen LogP contribution >= 0.6 is 12.4 Å². The molecule has 2 rings (SSSR count). The van der Waals surface area contributed by atoms with Gasteiger partial charge in [0.05, 0.1) is 6.04 Å². The van der Waals surface area contributed by atoms with E-state index in [-0.39, 0.29) is 18.3 Å². The predicted octanol–water partition coefficient (Wildman–Crippen LogP) is 3.07. The van der Waals surface area contributed by atoms with Crippen molar-refractivity contribution in [2.45, 2.75) is 25.8 Å². The Morgan fingerprint density at radius 2 is 1.52 bits per heavy atom. The van der Waals surface area contributed by atoms with Crippen molar-refractivity contribution in [3.63, 3.8) is 0 Å². The minimum atomic E-state index is -0.474. The molecule has 3 nitrogen and oxygen atoms in total. The lowest BCUT2D eigenvalue weighted by molar-refractivity contribution is -0.132. The number of halogens is 1. The zero-order valence-corrected chi connectivity index (χ0v) is 14.3. The van der Waals surface area contributed by atoms with Crippen molar-refractivity contribution in [1.82, 2.24) is 4.90 Å². The van der Waals surface area contributed by atoms with E-state index in [4.69, 9.17) is 5.73 Å². The maximum Gasteiger partial charge on any atom is 0.239 e. The summed E-state index contributed by atoms with van der Waals surface area (Å²) in [6.45, 7) is 3.40. The molecule has 0 saturated heterocycles. The third-order valence-electron chi connectivity index (χ3n) is 3.82. The Kier molecular flexibility index (Phi) is 8.38. The van der Waals surface area contributed by atoms with Crippen LogP contribution in [0.3, 0.4) is 0 Å². The van der Waals surface area contributed by atoms with E-state index in [1.54, 1.807) is 0 Å². The fourth-order valence-electron chi connectivity index (χ4n) is 2.52. The summed E-state index contributed by atoms with van der Waals surface area (Å²) in [5, 5.41) is 0. The van der Waals surface area contributed by atoms with Crippen LogP contribution in [0.25, 0.3) is 0 Å². The molecule has 0 aliphatic carbocycles. The van der Waals surface area contributed by atoms with Gasteiger partial charge in [0.15, 0.2) is 0 Å². The topological polar surface area (TPSA) is 46.3 Å². The highest BCUT2D eigenvalue weighted by Gasteiger charge is 2.19. The van der Waals surface area contributed by atoms with E-state index in [2.05, 4.69) is 12.1 Å². The van der Waals surface area contributed by atoms with Gasteiger partial charge in [-0.3, -0.25) is 4.79 Å². The number of likely N-dealkylation sites (N-methyl/N-ethyl adjacent to an activating group) is 1. The van der Waals surface area contributed by atoms with Gasteiger partial charge in [-0.2, -0.15) is 0 Å². The average molecular weight is 333 g/mol. The summed E-state index contributed by atoms with van der Waals surface area (Å²) >= 11 is 0. The third-order valence-corrected chi connectivity index (χ3v) is 3.82. The van der Waals surface area contributed by atoms with Gasteiger partial charge in [0.2, 0.25) is 5.91 Å². The van der Waals surface area contributed by atoms with E-state index in [1.165, 1.54) is 5.56 Å². The van der Waals surface area contributed by atoms with Crippen LogP contribution in [0, 0.1) is 0 Å². The highest BCUT2D eigenvalue weighted by atomic mass is 35.5. The Balaban J connectivity index is 0.00000264. The molecule has 0 bridgehead atoms. The van der Waals surface area contributed by atoms with Gasteiger partial charge in [-0.05, 0) is 30.9 Å². The standard InChI is InChI=1S/C19H24N2O.ClH/c1-2-21(14-13-16-9-5-3-6-10-16)19(22)18(20)15-17-11-7-4-8-12-17;/h3-12,18H,2,13-15,20H2,1H3;1H. The molecule has 0 aliphatic rings. The normalized spacial score (nSPS) is 11.4. The van der Waals surface area contributed by atoms with Gasteiger partial charge in [0.25, 0.3) is 0 Å². The molecule has 23 heavy (non-hydrogen) atoms. The second-order valence-electron chi connectivity index (χ2n) is 5.45. The van der Waals surface area contributed by atoms with Gasteiger partial charge < -0.3 is 10.6 Å². The van der Waals surface area contributed by atoms with Crippen molar-refractivity contribution in [1.29, 1.82) is 0 Å². The number of amides is 1. The van der Waals surface area contributed by atoms with Crippen LogP contribution in [0.2, 0.25) is 0 Å². The number of nitrogens with zero attached hydrogens (tertiary/aromatic N) is 1. The molecular weight excluding hydrogens is 308 g/mol. The number of hydrogen-bond acceptors (Lipinski definition) is 2. The molecule has 0 saturated carbocycles. The molecule has 124 valence electrons. The van der Waals surface area contributed by atoms with E-state index in [9.17, 15) is 4.79 Å². The first-order valence-corrected chi connectivity index (χ1v) is 7.83. The van der Waals surface area contributed by atoms with Gasteiger partial charge in [0.1, 0.15) is 0 Å². The summed E-state index contributed by atoms with van der Waals surface area (Å²) in [7, 11) is 0. The second kappa shape index (κ2) is 10.0. The molecule has 4 heteroatoms. The van der Waals surface area contributed by atoms with Crippen LogP contribution in [0.1, 0.15) is 18.1 Å². The number of nitrogens with two attached hydrogens (primary N) is 1. The molecule has 1 amide bonds. The zero-order chi connectivity index (χ0) is 15.8. The van der Waals surface area contributed by atoms with Gasteiger partial charge in [-0.1, -0.05) is 60.7 Å². The Hall–Kier alpha value is -1.84. The van der Waals surface area contributed by atoms with E-state index in [0.717, 1.165) is 12.0 Å². The molecule has 0 spiro atoms. The fraction of sp³-hybridized carbons (Fsp3) is 0.316. The summed E-state index contributed by atoms with van der Waals surface area (Å²) < 4.78 is 0. The predicted molar refractivity (Wildman–Crippen MR) is 97.8 cm³/mol. The quantitative estimate of drug-likeness (QED) is 0.847. The molecule has 2 aromatic rings. The molecule has 1 unspecified atom stereocenters. The van der Waals surface area contributed by atoms with E-state index < -0.39 is 6.04 Å². The molecular formula is C19H25ClN2O. The highest BCUT2D eigenvalue weighted by molar-refractivity contribution is 5.85. The number of carbonyl (C=O) groups excluding carboxylic acids is 1. The van der Waals surface area contributed by atoms with Gasteiger partial charge >= 0.3 is 0 Å². The van der Waals surface area contributed by atoms with Crippen molar-refractivity contribution in [2.24, 2.45) is 5.73 Å². The number of benzene rings is 2. The summed E-state index contributed by atoms with van der Waals surface area (Å²) in [4.78, 5) is 14.3. The molecule has 2 aromatic carbocycles. The number of rotatable bonds is 7. The third kappa shape index (κ3) is 6.05. The average Bonchev–Trinajstić information content (AvgIpc) is 2.57. The maximum atomic E-state index is 12.5. The number of hydrogen-bond donors (Lipinski definition) is 1. The lowest BCUT2D eigenvalue weighted by Crippen LogP contribution is -2.45. The molecule has 1 atom stereocenters. The van der Waals surface area contributed by atoms with Crippen LogP contribution in [0.4, 0.5) is 0 Å². The van der Waals surface area contributed by atoms with E-state index in [1.807, 2.05) is 60.4 Å². The second-order valence-corrected chi connectivity index (χ2v) is 5.45. The van der Waals surface area contributed by atoms with Crippen LogP contribution < -0.4 is 5.73 Å². The smallest absolute Gasteiger partial charge is 0.239 e. The largest absolute Gasteiger partial charge is 0.341 e. The highest BCUT2D eigenvalue weighted by Crippen LogP contribution is 2.06. The Bertz CT molecular complexity index is 574. The monoisotopic (exact) mass is 332 g/mol. The minimum Gasteiger partial charge on any atom is -0.341 e. The van der Waals surface area contributed by atoms with Gasteiger partial charge in [-0.25, -0.2) is 0 Å². The molecule has 0 aliphatic heterocycles. The SMILES string of the molecule is CCN(CCc1ccccc1)C(=O)C(N)Cc1ccccc1.Cl. The Morgan fingerprint density at radius 3 is 2.04 bits per heavy atom. The van der Waals surface area contributed by atoms with Crippen molar-refractivity contribution in [3.05, 3.63) is 71.8 Å². The summed E-state index contributed by atoms with van der Waals surface area (Å²) in [5.41, 5.74) is 8.44. The first-order valence-electron chi connectivity index (χ1n) is 7.83. The van der Waals surface area contributed by atoms with E-state index in [0.29, 0.717) is 19.5 Å².